The van der Waals surface area contributed by atoms with Gasteiger partial charge < -0.3 is 14.5 Å². The monoisotopic (exact) mass is 444 g/mol. The number of pyridine rings is 1. The predicted molar refractivity (Wildman–Crippen MR) is 120 cm³/mol. The number of aromatic nitrogens is 1. The third-order valence-corrected chi connectivity index (χ3v) is 6.29. The Morgan fingerprint density at radius 1 is 1.03 bits per heavy atom. The summed E-state index contributed by atoms with van der Waals surface area (Å²) in [6.07, 6.45) is 1.56. The SMILES string of the molecule is CC(C)OC(=O)N1CCC(N2CCN(C(=O)c3cc(Cl)nc4ccccc34)CC2)CC1. The van der Waals surface area contributed by atoms with E-state index in [1.807, 2.05) is 43.0 Å². The summed E-state index contributed by atoms with van der Waals surface area (Å²) in [5.41, 5.74) is 1.35. The van der Waals surface area contributed by atoms with Crippen molar-refractivity contribution in [3.63, 3.8) is 0 Å². The number of carbonyl (C=O) groups excluding carboxylic acids is 2. The van der Waals surface area contributed by atoms with Crippen LogP contribution in [0.25, 0.3) is 10.9 Å². The lowest BCUT2D eigenvalue weighted by molar-refractivity contribution is 0.0359. The highest BCUT2D eigenvalue weighted by atomic mass is 35.5. The van der Waals surface area contributed by atoms with Crippen LogP contribution in [0, 0.1) is 0 Å². The molecule has 2 aliphatic heterocycles. The number of para-hydroxylation sites is 1. The molecule has 2 aromatic rings. The molecule has 166 valence electrons. The predicted octanol–water partition coefficient (Wildman–Crippen LogP) is 3.66. The minimum absolute atomic E-state index is 0.00593. The summed E-state index contributed by atoms with van der Waals surface area (Å²) < 4.78 is 5.31. The largest absolute Gasteiger partial charge is 0.447 e. The van der Waals surface area contributed by atoms with Gasteiger partial charge in [-0.05, 0) is 38.8 Å². The van der Waals surface area contributed by atoms with Gasteiger partial charge in [0.15, 0.2) is 0 Å². The van der Waals surface area contributed by atoms with Gasteiger partial charge in [0, 0.05) is 50.7 Å². The number of piperazine rings is 1. The summed E-state index contributed by atoms with van der Waals surface area (Å²) in [4.78, 5) is 35.8. The van der Waals surface area contributed by atoms with Gasteiger partial charge in [-0.3, -0.25) is 9.69 Å². The highest BCUT2D eigenvalue weighted by Crippen LogP contribution is 2.24. The minimum Gasteiger partial charge on any atom is -0.447 e. The average Bonchev–Trinajstić information content (AvgIpc) is 2.78. The molecule has 2 amide bonds. The number of nitrogens with zero attached hydrogens (tertiary/aromatic N) is 4. The zero-order valence-corrected chi connectivity index (χ0v) is 18.8. The number of rotatable bonds is 3. The van der Waals surface area contributed by atoms with Gasteiger partial charge in [0.25, 0.3) is 5.91 Å². The first-order chi connectivity index (χ1) is 14.9. The van der Waals surface area contributed by atoms with Crippen LogP contribution in [0.2, 0.25) is 5.15 Å². The lowest BCUT2D eigenvalue weighted by atomic mass is 10.0. The Kier molecular flexibility index (Phi) is 6.62. The highest BCUT2D eigenvalue weighted by molar-refractivity contribution is 6.30. The number of piperidine rings is 1. The van der Waals surface area contributed by atoms with Crippen LogP contribution in [0.3, 0.4) is 0 Å². The summed E-state index contributed by atoms with van der Waals surface area (Å²) in [5, 5.41) is 1.17. The number of hydrogen-bond donors (Lipinski definition) is 0. The topological polar surface area (TPSA) is 66.0 Å². The number of hydrogen-bond acceptors (Lipinski definition) is 5. The zero-order valence-electron chi connectivity index (χ0n) is 18.1. The van der Waals surface area contributed by atoms with Crippen LogP contribution in [0.5, 0.6) is 0 Å². The Bertz CT molecular complexity index is 951. The van der Waals surface area contributed by atoms with Gasteiger partial charge in [-0.25, -0.2) is 9.78 Å². The molecular formula is C23H29ClN4O3. The van der Waals surface area contributed by atoms with Gasteiger partial charge in [0.1, 0.15) is 5.15 Å². The van der Waals surface area contributed by atoms with E-state index in [1.54, 1.807) is 11.0 Å². The van der Waals surface area contributed by atoms with Crippen molar-refractivity contribution in [3.05, 3.63) is 41.0 Å². The molecule has 3 heterocycles. The number of benzene rings is 1. The van der Waals surface area contributed by atoms with Crippen molar-refractivity contribution in [3.8, 4) is 0 Å². The van der Waals surface area contributed by atoms with E-state index in [4.69, 9.17) is 16.3 Å². The van der Waals surface area contributed by atoms with Crippen LogP contribution in [-0.4, -0.2) is 83.1 Å². The standard InChI is InChI=1S/C23H29ClN4O3/c1-16(2)31-23(30)28-9-7-17(8-10-28)26-11-13-27(14-12-26)22(29)19-15-21(24)25-20-6-4-3-5-18(19)20/h3-6,15-17H,7-14H2,1-2H3. The molecule has 0 unspecified atom stereocenters. The fraction of sp³-hybridized carbons (Fsp3) is 0.522. The second-order valence-corrected chi connectivity index (χ2v) is 8.88. The highest BCUT2D eigenvalue weighted by Gasteiger charge is 2.31. The molecule has 2 saturated heterocycles. The number of halogens is 1. The molecule has 0 N–H and O–H groups in total. The molecule has 0 bridgehead atoms. The summed E-state index contributed by atoms with van der Waals surface area (Å²) >= 11 is 6.17. The molecule has 0 spiro atoms. The number of likely N-dealkylation sites (tertiary alicyclic amines) is 1. The van der Waals surface area contributed by atoms with Crippen molar-refractivity contribution in [2.75, 3.05) is 39.3 Å². The quantitative estimate of drug-likeness (QED) is 0.676. The summed E-state index contributed by atoms with van der Waals surface area (Å²) in [6.45, 7) is 8.22. The average molecular weight is 445 g/mol. The van der Waals surface area contributed by atoms with Crippen LogP contribution in [0.15, 0.2) is 30.3 Å². The van der Waals surface area contributed by atoms with Crippen molar-refractivity contribution in [2.45, 2.75) is 38.8 Å². The first kappa shape index (κ1) is 21.8. The maximum absolute atomic E-state index is 13.2. The van der Waals surface area contributed by atoms with Crippen LogP contribution in [0.4, 0.5) is 4.79 Å². The normalized spacial score (nSPS) is 18.6. The Labute approximate surface area is 187 Å². The molecule has 2 fully saturated rings. The van der Waals surface area contributed by atoms with Crippen molar-refractivity contribution in [1.82, 2.24) is 19.7 Å². The maximum atomic E-state index is 13.2. The number of fused-ring (bicyclic) bond motifs is 1. The zero-order chi connectivity index (χ0) is 22.0. The molecule has 0 aliphatic carbocycles. The van der Waals surface area contributed by atoms with Crippen LogP contribution in [0.1, 0.15) is 37.0 Å². The minimum atomic E-state index is -0.216. The molecule has 8 heteroatoms. The number of amides is 2. The Morgan fingerprint density at radius 3 is 2.39 bits per heavy atom. The van der Waals surface area contributed by atoms with Gasteiger partial charge >= 0.3 is 6.09 Å². The first-order valence-electron chi connectivity index (χ1n) is 11.0. The third kappa shape index (κ3) is 4.93. The molecule has 2 aliphatic rings. The van der Waals surface area contributed by atoms with Crippen LogP contribution >= 0.6 is 11.6 Å². The van der Waals surface area contributed by atoms with E-state index in [9.17, 15) is 9.59 Å². The van der Waals surface area contributed by atoms with Crippen LogP contribution in [-0.2, 0) is 4.74 Å². The molecule has 1 aromatic heterocycles. The van der Waals surface area contributed by atoms with E-state index in [-0.39, 0.29) is 18.1 Å². The van der Waals surface area contributed by atoms with E-state index in [2.05, 4.69) is 9.88 Å². The van der Waals surface area contributed by atoms with Gasteiger partial charge in [-0.2, -0.15) is 0 Å². The van der Waals surface area contributed by atoms with E-state index in [0.717, 1.165) is 49.9 Å². The van der Waals surface area contributed by atoms with Crippen molar-refractivity contribution >= 4 is 34.5 Å². The number of carbonyl (C=O) groups is 2. The van der Waals surface area contributed by atoms with Crippen molar-refractivity contribution in [1.29, 1.82) is 0 Å². The van der Waals surface area contributed by atoms with Gasteiger partial charge in [-0.1, -0.05) is 29.8 Å². The van der Waals surface area contributed by atoms with Crippen molar-refractivity contribution in [2.24, 2.45) is 0 Å². The molecule has 7 nitrogen and oxygen atoms in total. The molecular weight excluding hydrogens is 416 g/mol. The van der Waals surface area contributed by atoms with E-state index < -0.39 is 0 Å². The van der Waals surface area contributed by atoms with Crippen molar-refractivity contribution < 1.29 is 14.3 Å². The third-order valence-electron chi connectivity index (χ3n) is 6.09. The van der Waals surface area contributed by atoms with E-state index in [0.29, 0.717) is 29.8 Å². The lowest BCUT2D eigenvalue weighted by Gasteiger charge is -2.42. The molecule has 0 radical (unpaired) electrons. The summed E-state index contributed by atoms with van der Waals surface area (Å²) in [7, 11) is 0. The van der Waals surface area contributed by atoms with Crippen LogP contribution < -0.4 is 0 Å². The smallest absolute Gasteiger partial charge is 0.410 e. The molecule has 0 saturated carbocycles. The maximum Gasteiger partial charge on any atom is 0.410 e. The first-order valence-corrected chi connectivity index (χ1v) is 11.3. The number of ether oxygens (including phenoxy) is 1. The Balaban J connectivity index is 1.34. The summed E-state index contributed by atoms with van der Waals surface area (Å²) in [5.74, 6) is 0.00593. The van der Waals surface area contributed by atoms with E-state index >= 15 is 0 Å². The van der Waals surface area contributed by atoms with Gasteiger partial charge in [0.2, 0.25) is 0 Å². The fourth-order valence-electron chi connectivity index (χ4n) is 4.47. The lowest BCUT2D eigenvalue weighted by Crippen LogP contribution is -2.54. The second kappa shape index (κ2) is 9.40. The molecule has 4 rings (SSSR count). The second-order valence-electron chi connectivity index (χ2n) is 8.49. The van der Waals surface area contributed by atoms with Gasteiger partial charge in [-0.15, -0.1) is 0 Å². The molecule has 0 atom stereocenters. The molecule has 31 heavy (non-hydrogen) atoms. The van der Waals surface area contributed by atoms with E-state index in [1.165, 1.54) is 0 Å². The molecule has 1 aromatic carbocycles. The Hall–Kier alpha value is -2.38. The van der Waals surface area contributed by atoms with Gasteiger partial charge in [0.05, 0.1) is 17.2 Å². The fourth-order valence-corrected chi connectivity index (χ4v) is 4.67. The summed E-state index contributed by atoms with van der Waals surface area (Å²) in [6, 6.07) is 9.71. The Morgan fingerprint density at radius 2 is 1.71 bits per heavy atom.